The maximum atomic E-state index is 12.9. The minimum absolute atomic E-state index is 0.0470. The van der Waals surface area contributed by atoms with Gasteiger partial charge in [0.05, 0.1) is 4.90 Å². The van der Waals surface area contributed by atoms with E-state index < -0.39 is 10.0 Å². The molecule has 7 nitrogen and oxygen atoms in total. The van der Waals surface area contributed by atoms with Crippen LogP contribution in [-0.2, 0) is 23.1 Å². The van der Waals surface area contributed by atoms with Gasteiger partial charge < -0.3 is 14.4 Å². The minimum atomic E-state index is -3.76. The highest BCUT2D eigenvalue weighted by molar-refractivity contribution is 7.89. The van der Waals surface area contributed by atoms with Gasteiger partial charge in [0.25, 0.3) is 5.91 Å². The summed E-state index contributed by atoms with van der Waals surface area (Å²) in [6.45, 7) is 0.706. The molecule has 0 atom stereocenters. The van der Waals surface area contributed by atoms with E-state index in [1.165, 1.54) is 17.0 Å². The summed E-state index contributed by atoms with van der Waals surface area (Å²) in [5.74, 6) is 1.05. The Kier molecular flexibility index (Phi) is 5.92. The molecule has 8 heteroatoms. The molecule has 31 heavy (non-hydrogen) atoms. The van der Waals surface area contributed by atoms with Crippen LogP contribution in [0.15, 0.2) is 77.7 Å². The molecule has 3 aromatic carbocycles. The molecule has 3 aromatic rings. The van der Waals surface area contributed by atoms with Crippen molar-refractivity contribution in [2.45, 2.75) is 18.0 Å². The summed E-state index contributed by atoms with van der Waals surface area (Å²) in [4.78, 5) is 14.5. The Morgan fingerprint density at radius 1 is 0.935 bits per heavy atom. The molecule has 1 aliphatic rings. The van der Waals surface area contributed by atoms with Gasteiger partial charge in [-0.05, 0) is 41.5 Å². The fraction of sp³-hybridized carbons (Fsp3) is 0.174. The van der Waals surface area contributed by atoms with E-state index in [4.69, 9.17) is 9.47 Å². The fourth-order valence-electron chi connectivity index (χ4n) is 3.26. The highest BCUT2D eigenvalue weighted by Crippen LogP contribution is 2.32. The van der Waals surface area contributed by atoms with Crippen molar-refractivity contribution < 1.29 is 22.7 Å². The highest BCUT2D eigenvalue weighted by Gasteiger charge is 2.19. The van der Waals surface area contributed by atoms with Crippen molar-refractivity contribution >= 4 is 15.9 Å². The van der Waals surface area contributed by atoms with E-state index in [1.807, 2.05) is 48.5 Å². The van der Waals surface area contributed by atoms with Gasteiger partial charge in [0.2, 0.25) is 16.8 Å². The summed E-state index contributed by atoms with van der Waals surface area (Å²) < 4.78 is 38.6. The van der Waals surface area contributed by atoms with Gasteiger partial charge >= 0.3 is 0 Å². The largest absolute Gasteiger partial charge is 0.454 e. The molecule has 0 aliphatic carbocycles. The number of fused-ring (bicyclic) bond motifs is 1. The average Bonchev–Trinajstić information content (AvgIpc) is 3.26. The first-order valence-electron chi connectivity index (χ1n) is 9.70. The van der Waals surface area contributed by atoms with Gasteiger partial charge in [-0.15, -0.1) is 0 Å². The van der Waals surface area contributed by atoms with Gasteiger partial charge in [-0.2, -0.15) is 0 Å². The molecule has 0 saturated carbocycles. The summed E-state index contributed by atoms with van der Waals surface area (Å²) in [7, 11) is -2.09. The van der Waals surface area contributed by atoms with Crippen molar-refractivity contribution in [2.75, 3.05) is 13.8 Å². The number of ether oxygens (including phenoxy) is 2. The zero-order chi connectivity index (χ0) is 21.8. The lowest BCUT2D eigenvalue weighted by Gasteiger charge is -2.18. The third-order valence-corrected chi connectivity index (χ3v) is 6.30. The fourth-order valence-corrected chi connectivity index (χ4v) is 4.32. The molecule has 1 heterocycles. The Morgan fingerprint density at radius 2 is 1.71 bits per heavy atom. The maximum absolute atomic E-state index is 12.9. The second kappa shape index (κ2) is 8.79. The Balaban J connectivity index is 1.45. The second-order valence-electron chi connectivity index (χ2n) is 7.19. The number of nitrogens with one attached hydrogen (secondary N) is 1. The van der Waals surface area contributed by atoms with Gasteiger partial charge in [0.1, 0.15) is 0 Å². The van der Waals surface area contributed by atoms with Crippen LogP contribution < -0.4 is 14.2 Å². The quantitative estimate of drug-likeness (QED) is 0.613. The number of sulfonamides is 1. The third-order valence-electron chi connectivity index (χ3n) is 4.90. The zero-order valence-electron chi connectivity index (χ0n) is 16.9. The predicted octanol–water partition coefficient (Wildman–Crippen LogP) is 3.17. The van der Waals surface area contributed by atoms with Crippen LogP contribution in [0.5, 0.6) is 11.5 Å². The molecule has 0 fully saturated rings. The number of carbonyl (C=O) groups is 1. The number of nitrogens with zero attached hydrogens (tertiary/aromatic N) is 1. The summed E-state index contributed by atoms with van der Waals surface area (Å²) in [5.41, 5.74) is 2.03. The van der Waals surface area contributed by atoms with Gasteiger partial charge in [-0.1, -0.05) is 42.5 Å². The van der Waals surface area contributed by atoms with Crippen molar-refractivity contribution in [2.24, 2.45) is 0 Å². The monoisotopic (exact) mass is 438 g/mol. The van der Waals surface area contributed by atoms with Crippen molar-refractivity contribution in [3.05, 3.63) is 89.5 Å². The van der Waals surface area contributed by atoms with Crippen molar-refractivity contribution in [3.63, 3.8) is 0 Å². The summed E-state index contributed by atoms with van der Waals surface area (Å²) in [6.07, 6.45) is 0. The molecule has 1 amide bonds. The lowest BCUT2D eigenvalue weighted by molar-refractivity contribution is 0.0784. The van der Waals surface area contributed by atoms with Crippen molar-refractivity contribution in [3.8, 4) is 11.5 Å². The van der Waals surface area contributed by atoms with E-state index in [0.29, 0.717) is 23.6 Å². The van der Waals surface area contributed by atoms with Crippen LogP contribution in [0, 0.1) is 0 Å². The van der Waals surface area contributed by atoms with Crippen LogP contribution in [-0.4, -0.2) is 33.1 Å². The Morgan fingerprint density at radius 3 is 2.52 bits per heavy atom. The number of benzene rings is 3. The summed E-state index contributed by atoms with van der Waals surface area (Å²) in [6, 6.07) is 20.8. The Bertz CT molecular complexity index is 1200. The first-order valence-corrected chi connectivity index (χ1v) is 11.2. The first kappa shape index (κ1) is 20.9. The standard InChI is InChI=1S/C23H22N2O5S/c1-25(15-18-10-11-21-22(12-18)30-16-29-21)23(26)19-8-5-9-20(13-19)31(27,28)24-14-17-6-3-2-4-7-17/h2-13,24H,14-16H2,1H3. The van der Waals surface area contributed by atoms with E-state index in [1.54, 1.807) is 19.2 Å². The molecular weight excluding hydrogens is 416 g/mol. The normalized spacial score (nSPS) is 12.5. The number of hydrogen-bond donors (Lipinski definition) is 1. The molecule has 0 radical (unpaired) electrons. The topological polar surface area (TPSA) is 84.9 Å². The SMILES string of the molecule is CN(Cc1ccc2c(c1)OCO2)C(=O)c1cccc(S(=O)(=O)NCc2ccccc2)c1. The lowest BCUT2D eigenvalue weighted by Crippen LogP contribution is -2.27. The molecule has 1 aliphatic heterocycles. The first-order chi connectivity index (χ1) is 14.9. The predicted molar refractivity (Wildman–Crippen MR) is 115 cm³/mol. The second-order valence-corrected chi connectivity index (χ2v) is 8.95. The van der Waals surface area contributed by atoms with Crippen LogP contribution in [0.4, 0.5) is 0 Å². The Hall–Kier alpha value is -3.36. The molecule has 160 valence electrons. The minimum Gasteiger partial charge on any atom is -0.454 e. The molecule has 0 bridgehead atoms. The van der Waals surface area contributed by atoms with Crippen molar-refractivity contribution in [1.29, 1.82) is 0 Å². The van der Waals surface area contributed by atoms with E-state index in [9.17, 15) is 13.2 Å². The molecule has 1 N–H and O–H groups in total. The van der Waals surface area contributed by atoms with Crippen LogP contribution >= 0.6 is 0 Å². The average molecular weight is 439 g/mol. The van der Waals surface area contributed by atoms with Crippen LogP contribution in [0.25, 0.3) is 0 Å². The number of rotatable bonds is 7. The molecule has 0 unspecified atom stereocenters. The summed E-state index contributed by atoms with van der Waals surface area (Å²) in [5, 5.41) is 0. The van der Waals surface area contributed by atoms with E-state index in [0.717, 1.165) is 11.1 Å². The highest BCUT2D eigenvalue weighted by atomic mass is 32.2. The lowest BCUT2D eigenvalue weighted by atomic mass is 10.1. The number of carbonyl (C=O) groups excluding carboxylic acids is 1. The zero-order valence-corrected chi connectivity index (χ0v) is 17.8. The molecule has 0 saturated heterocycles. The molecule has 0 aromatic heterocycles. The van der Waals surface area contributed by atoms with Crippen LogP contribution in [0.3, 0.4) is 0 Å². The third kappa shape index (κ3) is 4.87. The summed E-state index contributed by atoms with van der Waals surface area (Å²) >= 11 is 0. The maximum Gasteiger partial charge on any atom is 0.253 e. The smallest absolute Gasteiger partial charge is 0.253 e. The van der Waals surface area contributed by atoms with Gasteiger partial charge in [-0.25, -0.2) is 13.1 Å². The van der Waals surface area contributed by atoms with Gasteiger partial charge in [0, 0.05) is 25.7 Å². The van der Waals surface area contributed by atoms with E-state index >= 15 is 0 Å². The van der Waals surface area contributed by atoms with E-state index in [-0.39, 0.29) is 24.1 Å². The number of amides is 1. The Labute approximate surface area is 181 Å². The molecule has 0 spiro atoms. The van der Waals surface area contributed by atoms with Crippen LogP contribution in [0.2, 0.25) is 0 Å². The van der Waals surface area contributed by atoms with Crippen LogP contribution in [0.1, 0.15) is 21.5 Å². The molecule has 4 rings (SSSR count). The molecular formula is C23H22N2O5S. The number of hydrogen-bond acceptors (Lipinski definition) is 5. The van der Waals surface area contributed by atoms with Gasteiger partial charge in [-0.3, -0.25) is 4.79 Å². The van der Waals surface area contributed by atoms with Gasteiger partial charge in [0.15, 0.2) is 11.5 Å². The van der Waals surface area contributed by atoms with Crippen molar-refractivity contribution in [1.82, 2.24) is 9.62 Å². The van der Waals surface area contributed by atoms with E-state index in [2.05, 4.69) is 4.72 Å².